The lowest BCUT2D eigenvalue weighted by Crippen LogP contribution is -2.28. The lowest BCUT2D eigenvalue weighted by atomic mass is 9.99. The van der Waals surface area contributed by atoms with E-state index in [-0.39, 0.29) is 6.04 Å². The largest absolute Gasteiger partial charge is 0.494 e. The van der Waals surface area contributed by atoms with Crippen LogP contribution in [0.2, 0.25) is 5.02 Å². The number of nitrogens with one attached hydrogen (secondary N) is 1. The molecule has 20 heavy (non-hydrogen) atoms. The number of halogens is 2. The highest BCUT2D eigenvalue weighted by Crippen LogP contribution is 2.27. The van der Waals surface area contributed by atoms with Crippen molar-refractivity contribution in [1.29, 1.82) is 0 Å². The Labute approximate surface area is 137 Å². The topological polar surface area (TPSA) is 47.3 Å². The van der Waals surface area contributed by atoms with Gasteiger partial charge in [0.15, 0.2) is 0 Å². The normalized spacial score (nSPS) is 12.2. The molecule has 0 radical (unpaired) electrons. The number of rotatable bonds is 5. The van der Waals surface area contributed by atoms with Gasteiger partial charge in [-0.1, -0.05) is 29.8 Å². The van der Waals surface area contributed by atoms with Crippen LogP contribution in [0.5, 0.6) is 5.75 Å². The van der Waals surface area contributed by atoms with Crippen molar-refractivity contribution in [2.75, 3.05) is 6.61 Å². The second-order valence-electron chi connectivity index (χ2n) is 4.28. The lowest BCUT2D eigenvalue weighted by molar-refractivity contribution is 0.340. The van der Waals surface area contributed by atoms with Crippen molar-refractivity contribution in [3.63, 3.8) is 0 Å². The zero-order valence-electron chi connectivity index (χ0n) is 11.1. The minimum absolute atomic E-state index is 0.0971. The third-order valence-electron chi connectivity index (χ3n) is 2.97. The number of hydrazine groups is 1. The number of nitrogens with two attached hydrogens (primary N) is 1. The summed E-state index contributed by atoms with van der Waals surface area (Å²) in [6.07, 6.45) is 0. The van der Waals surface area contributed by atoms with Gasteiger partial charge in [0.05, 0.1) is 17.7 Å². The predicted octanol–water partition coefficient (Wildman–Crippen LogP) is 3.90. The van der Waals surface area contributed by atoms with Crippen LogP contribution >= 0.6 is 34.2 Å². The first kappa shape index (κ1) is 15.6. The maximum absolute atomic E-state index is 6.17. The second-order valence-corrected chi connectivity index (χ2v) is 5.84. The van der Waals surface area contributed by atoms with E-state index in [9.17, 15) is 0 Å². The Morgan fingerprint density at radius 3 is 2.40 bits per heavy atom. The van der Waals surface area contributed by atoms with Gasteiger partial charge in [-0.25, -0.2) is 5.43 Å². The number of hydrogen-bond donors (Lipinski definition) is 2. The summed E-state index contributed by atoms with van der Waals surface area (Å²) in [5.74, 6) is 6.55. The van der Waals surface area contributed by atoms with E-state index in [1.165, 1.54) is 0 Å². The quantitative estimate of drug-likeness (QED) is 0.453. The van der Waals surface area contributed by atoms with Gasteiger partial charge in [-0.15, -0.1) is 0 Å². The molecule has 2 aromatic rings. The third-order valence-corrected chi connectivity index (χ3v) is 4.54. The van der Waals surface area contributed by atoms with Gasteiger partial charge in [0, 0.05) is 3.57 Å². The van der Waals surface area contributed by atoms with Gasteiger partial charge >= 0.3 is 0 Å². The highest BCUT2D eigenvalue weighted by molar-refractivity contribution is 14.1. The van der Waals surface area contributed by atoms with Crippen molar-refractivity contribution in [3.8, 4) is 5.75 Å². The molecule has 106 valence electrons. The lowest BCUT2D eigenvalue weighted by Gasteiger charge is -2.18. The monoisotopic (exact) mass is 402 g/mol. The Bertz CT molecular complexity index is 575. The summed E-state index contributed by atoms with van der Waals surface area (Å²) in [5.41, 5.74) is 4.92. The first-order chi connectivity index (χ1) is 9.65. The fourth-order valence-corrected chi connectivity index (χ4v) is 2.52. The standard InChI is InChI=1S/C15H16ClIN2O/c1-2-20-12-6-3-10(4-7-12)15(19-18)11-5-8-14(17)13(16)9-11/h3-9,15,19H,2,18H2,1H3. The van der Waals surface area contributed by atoms with E-state index in [1.807, 2.05) is 49.4 Å². The van der Waals surface area contributed by atoms with Crippen LogP contribution in [0.25, 0.3) is 0 Å². The van der Waals surface area contributed by atoms with E-state index in [1.54, 1.807) is 0 Å². The molecule has 0 spiro atoms. The van der Waals surface area contributed by atoms with Crippen LogP contribution < -0.4 is 16.0 Å². The van der Waals surface area contributed by atoms with Crippen LogP contribution in [-0.2, 0) is 0 Å². The zero-order valence-corrected chi connectivity index (χ0v) is 14.0. The Morgan fingerprint density at radius 2 is 1.85 bits per heavy atom. The Hall–Kier alpha value is -0.820. The average molecular weight is 403 g/mol. The van der Waals surface area contributed by atoms with Crippen molar-refractivity contribution in [1.82, 2.24) is 5.43 Å². The van der Waals surface area contributed by atoms with E-state index in [2.05, 4.69) is 28.0 Å². The van der Waals surface area contributed by atoms with Crippen molar-refractivity contribution in [2.24, 2.45) is 5.84 Å². The average Bonchev–Trinajstić information content (AvgIpc) is 2.46. The van der Waals surface area contributed by atoms with Crippen LogP contribution in [0.1, 0.15) is 24.1 Å². The van der Waals surface area contributed by atoms with Gasteiger partial charge < -0.3 is 4.74 Å². The maximum Gasteiger partial charge on any atom is 0.119 e. The molecule has 0 aliphatic carbocycles. The molecular weight excluding hydrogens is 387 g/mol. The van der Waals surface area contributed by atoms with E-state index >= 15 is 0 Å². The molecule has 3 nitrogen and oxygen atoms in total. The van der Waals surface area contributed by atoms with E-state index in [0.717, 1.165) is 25.5 Å². The minimum atomic E-state index is -0.0971. The zero-order chi connectivity index (χ0) is 14.5. The van der Waals surface area contributed by atoms with Gasteiger partial charge in [-0.2, -0.15) is 0 Å². The third kappa shape index (κ3) is 3.63. The molecule has 0 aromatic heterocycles. The Kier molecular flexibility index (Phi) is 5.65. The van der Waals surface area contributed by atoms with Crippen molar-refractivity contribution < 1.29 is 4.74 Å². The molecule has 0 saturated carbocycles. The molecule has 0 aliphatic rings. The van der Waals surface area contributed by atoms with Crippen LogP contribution in [-0.4, -0.2) is 6.61 Å². The SMILES string of the molecule is CCOc1ccc(C(NN)c2ccc(I)c(Cl)c2)cc1. The number of ether oxygens (including phenoxy) is 1. The van der Waals surface area contributed by atoms with Crippen molar-refractivity contribution >= 4 is 34.2 Å². The summed E-state index contributed by atoms with van der Waals surface area (Å²) in [6, 6.07) is 13.7. The summed E-state index contributed by atoms with van der Waals surface area (Å²) in [7, 11) is 0. The Morgan fingerprint density at radius 1 is 1.20 bits per heavy atom. The van der Waals surface area contributed by atoms with E-state index < -0.39 is 0 Å². The summed E-state index contributed by atoms with van der Waals surface area (Å²) in [6.45, 7) is 2.62. The highest BCUT2D eigenvalue weighted by atomic mass is 127. The summed E-state index contributed by atoms with van der Waals surface area (Å²) >= 11 is 8.38. The number of benzene rings is 2. The summed E-state index contributed by atoms with van der Waals surface area (Å²) in [5, 5.41) is 0.731. The minimum Gasteiger partial charge on any atom is -0.494 e. The van der Waals surface area contributed by atoms with E-state index in [0.29, 0.717) is 6.61 Å². The van der Waals surface area contributed by atoms with Crippen molar-refractivity contribution in [2.45, 2.75) is 13.0 Å². The first-order valence-corrected chi connectivity index (χ1v) is 7.75. The van der Waals surface area contributed by atoms with Crippen molar-refractivity contribution in [3.05, 3.63) is 62.2 Å². The van der Waals surface area contributed by atoms with Gasteiger partial charge in [-0.05, 0) is 64.9 Å². The molecule has 1 unspecified atom stereocenters. The summed E-state index contributed by atoms with van der Waals surface area (Å²) < 4.78 is 6.46. The molecule has 0 amide bonds. The first-order valence-electron chi connectivity index (χ1n) is 6.29. The molecule has 0 aliphatic heterocycles. The molecule has 2 rings (SSSR count). The number of hydrogen-bond acceptors (Lipinski definition) is 3. The molecule has 3 N–H and O–H groups in total. The predicted molar refractivity (Wildman–Crippen MR) is 90.9 cm³/mol. The van der Waals surface area contributed by atoms with E-state index in [4.69, 9.17) is 22.2 Å². The molecule has 0 fully saturated rings. The Balaban J connectivity index is 2.29. The van der Waals surface area contributed by atoms with Crippen LogP contribution in [0.4, 0.5) is 0 Å². The van der Waals surface area contributed by atoms with Gasteiger partial charge in [-0.3, -0.25) is 5.84 Å². The van der Waals surface area contributed by atoms with Gasteiger partial charge in [0.1, 0.15) is 5.75 Å². The van der Waals surface area contributed by atoms with Crippen LogP contribution in [0, 0.1) is 3.57 Å². The highest BCUT2D eigenvalue weighted by Gasteiger charge is 2.13. The fourth-order valence-electron chi connectivity index (χ4n) is 2.00. The van der Waals surface area contributed by atoms with Crippen LogP contribution in [0.3, 0.4) is 0 Å². The van der Waals surface area contributed by atoms with Crippen LogP contribution in [0.15, 0.2) is 42.5 Å². The van der Waals surface area contributed by atoms with Gasteiger partial charge in [0.25, 0.3) is 0 Å². The smallest absolute Gasteiger partial charge is 0.119 e. The maximum atomic E-state index is 6.17. The second kappa shape index (κ2) is 7.26. The fraction of sp³-hybridized carbons (Fsp3) is 0.200. The van der Waals surface area contributed by atoms with Gasteiger partial charge in [0.2, 0.25) is 0 Å². The molecule has 0 bridgehead atoms. The molecule has 0 saturated heterocycles. The molecule has 2 aromatic carbocycles. The molecule has 0 heterocycles. The molecular formula is C15H16ClIN2O. The summed E-state index contributed by atoms with van der Waals surface area (Å²) in [4.78, 5) is 0. The molecule has 5 heteroatoms. The molecule has 1 atom stereocenters.